The molecule has 0 radical (unpaired) electrons. The molecule has 0 aromatic carbocycles. The van der Waals surface area contributed by atoms with Crippen LogP contribution in [-0.4, -0.2) is 73.5 Å². The van der Waals surface area contributed by atoms with Crippen molar-refractivity contribution in [1.29, 1.82) is 0 Å². The third-order valence-electron chi connectivity index (χ3n) is 9.46. The first-order valence-electron chi connectivity index (χ1n) is 15.2. The van der Waals surface area contributed by atoms with E-state index in [9.17, 15) is 19.5 Å². The van der Waals surface area contributed by atoms with Crippen molar-refractivity contribution in [2.75, 3.05) is 36.4 Å². The third-order valence-corrected chi connectivity index (χ3v) is 9.46. The summed E-state index contributed by atoms with van der Waals surface area (Å²) >= 11 is 0. The molecule has 2 aliphatic heterocycles. The van der Waals surface area contributed by atoms with Crippen LogP contribution in [0.2, 0.25) is 0 Å². The van der Waals surface area contributed by atoms with Crippen LogP contribution in [0.5, 0.6) is 0 Å². The fourth-order valence-corrected chi connectivity index (χ4v) is 7.07. The number of anilines is 3. The van der Waals surface area contributed by atoms with Crippen molar-refractivity contribution >= 4 is 40.2 Å². The highest BCUT2D eigenvalue weighted by molar-refractivity contribution is 5.99. The lowest BCUT2D eigenvalue weighted by Crippen LogP contribution is -2.48. The second-order valence-electron chi connectivity index (χ2n) is 12.0. The number of ketones is 1. The maximum atomic E-state index is 13.5. The molecule has 222 valence electrons. The number of hydrogen-bond donors (Lipinski definition) is 2. The van der Waals surface area contributed by atoms with E-state index in [1.165, 1.54) is 6.92 Å². The van der Waals surface area contributed by atoms with Crippen molar-refractivity contribution in [3.8, 4) is 0 Å². The molecule has 42 heavy (non-hydrogen) atoms. The molecule has 0 atom stereocenters. The summed E-state index contributed by atoms with van der Waals surface area (Å²) in [7, 11) is 0. The van der Waals surface area contributed by atoms with E-state index in [0.717, 1.165) is 88.6 Å². The fraction of sp³-hybridized carbons (Fsp3) is 0.548. The van der Waals surface area contributed by atoms with E-state index in [0.29, 0.717) is 29.0 Å². The van der Waals surface area contributed by atoms with E-state index in [1.807, 2.05) is 18.3 Å². The topological polar surface area (TPSA) is 134 Å². The Morgan fingerprint density at radius 1 is 0.929 bits per heavy atom. The molecule has 11 nitrogen and oxygen atoms in total. The number of carbonyl (C=O) groups excluding carboxylic acids is 1. The SMILES string of the molecule is CC(=O)c1c(C)c2cnc(Nc3ccc(N4CCC(N5CCC(C(=O)O)CC5)CC4)cn3)nc2n(C2CCCC2)c1=O. The number of likely N-dealkylation sites (tertiary alicyclic amines) is 1. The van der Waals surface area contributed by atoms with E-state index in [-0.39, 0.29) is 28.9 Å². The van der Waals surface area contributed by atoms with Gasteiger partial charge in [-0.25, -0.2) is 9.97 Å². The summed E-state index contributed by atoms with van der Waals surface area (Å²) in [6, 6.07) is 4.50. The zero-order chi connectivity index (χ0) is 29.4. The minimum Gasteiger partial charge on any atom is -0.481 e. The van der Waals surface area contributed by atoms with Crippen LogP contribution in [0.4, 0.5) is 17.5 Å². The number of carbonyl (C=O) groups is 2. The first-order chi connectivity index (χ1) is 20.3. The predicted octanol–water partition coefficient (Wildman–Crippen LogP) is 4.32. The minimum atomic E-state index is -0.662. The number of aromatic nitrogens is 4. The summed E-state index contributed by atoms with van der Waals surface area (Å²) in [6.45, 7) is 6.84. The molecule has 0 bridgehead atoms. The number of Topliss-reactive ketones (excluding diaryl/α,β-unsaturated/α-hetero) is 1. The summed E-state index contributed by atoms with van der Waals surface area (Å²) in [6.07, 6.45) is 11.0. The van der Waals surface area contributed by atoms with E-state index in [1.54, 1.807) is 17.7 Å². The second-order valence-corrected chi connectivity index (χ2v) is 12.0. The van der Waals surface area contributed by atoms with E-state index in [2.05, 4.69) is 25.1 Å². The summed E-state index contributed by atoms with van der Waals surface area (Å²) in [5.41, 5.74) is 2.20. The molecule has 2 N–H and O–H groups in total. The minimum absolute atomic E-state index is 0.0274. The Balaban J connectivity index is 1.14. The van der Waals surface area contributed by atoms with Gasteiger partial charge in [-0.15, -0.1) is 0 Å². The lowest BCUT2D eigenvalue weighted by molar-refractivity contribution is -0.143. The van der Waals surface area contributed by atoms with E-state index < -0.39 is 5.97 Å². The molecule has 3 aromatic rings. The summed E-state index contributed by atoms with van der Waals surface area (Å²) in [5.74, 6) is -0.120. The molecule has 0 unspecified atom stereocenters. The molecule has 3 aliphatic rings. The molecule has 2 saturated heterocycles. The molecule has 5 heterocycles. The van der Waals surface area contributed by atoms with Gasteiger partial charge in [-0.3, -0.25) is 19.0 Å². The number of piperidine rings is 2. The maximum Gasteiger partial charge on any atom is 0.306 e. The number of rotatable bonds is 7. The number of aliphatic carboxylic acids is 1. The number of hydrogen-bond acceptors (Lipinski definition) is 9. The standard InChI is InChI=1S/C31H39N7O4/c1-19-25-18-33-31(35-28(25)38(23-5-3-4-6-23)29(40)27(19)20(2)39)34-26-8-7-24(17-32-26)37-15-11-22(12-16-37)36-13-9-21(10-14-36)30(41)42/h7-8,17-18,21-23H,3-6,9-16H2,1-2H3,(H,41,42)(H,32,33,34,35). The largest absolute Gasteiger partial charge is 0.481 e. The summed E-state index contributed by atoms with van der Waals surface area (Å²) < 4.78 is 1.72. The van der Waals surface area contributed by atoms with Gasteiger partial charge in [-0.2, -0.15) is 4.98 Å². The number of nitrogens with one attached hydrogen (secondary N) is 1. The Labute approximate surface area is 245 Å². The monoisotopic (exact) mass is 573 g/mol. The Kier molecular flexibility index (Phi) is 7.94. The van der Waals surface area contributed by atoms with E-state index in [4.69, 9.17) is 4.98 Å². The second kappa shape index (κ2) is 11.8. The lowest BCUT2D eigenvalue weighted by Gasteiger charge is -2.41. The lowest BCUT2D eigenvalue weighted by atomic mass is 9.93. The van der Waals surface area contributed by atoms with Gasteiger partial charge in [0.15, 0.2) is 5.78 Å². The van der Waals surface area contributed by atoms with Crippen LogP contribution in [0.3, 0.4) is 0 Å². The molecular weight excluding hydrogens is 534 g/mol. The first-order valence-corrected chi connectivity index (χ1v) is 15.2. The zero-order valence-electron chi connectivity index (χ0n) is 24.4. The maximum absolute atomic E-state index is 13.5. The Bertz CT molecular complexity index is 1530. The normalized spacial score (nSPS) is 19.4. The van der Waals surface area contributed by atoms with Crippen molar-refractivity contribution in [2.45, 2.75) is 77.3 Å². The number of carboxylic acids is 1. The molecule has 3 fully saturated rings. The van der Waals surface area contributed by atoms with Crippen molar-refractivity contribution in [2.24, 2.45) is 5.92 Å². The Morgan fingerprint density at radius 2 is 1.64 bits per heavy atom. The summed E-state index contributed by atoms with van der Waals surface area (Å²) in [5, 5.41) is 13.2. The van der Waals surface area contributed by atoms with Crippen LogP contribution in [0.15, 0.2) is 29.3 Å². The number of carboxylic acid groups (broad SMARTS) is 1. The molecule has 3 aromatic heterocycles. The molecule has 6 rings (SSSR count). The van der Waals surface area contributed by atoms with Crippen molar-refractivity contribution in [3.63, 3.8) is 0 Å². The predicted molar refractivity (Wildman–Crippen MR) is 161 cm³/mol. The van der Waals surface area contributed by atoms with Crippen LogP contribution in [-0.2, 0) is 4.79 Å². The van der Waals surface area contributed by atoms with E-state index >= 15 is 0 Å². The van der Waals surface area contributed by atoms with Crippen LogP contribution in [0.1, 0.15) is 80.3 Å². The van der Waals surface area contributed by atoms with Gasteiger partial charge in [-0.05, 0) is 83.2 Å². The van der Waals surface area contributed by atoms with Gasteiger partial charge in [0.2, 0.25) is 5.95 Å². The number of fused-ring (bicyclic) bond motifs is 1. The van der Waals surface area contributed by atoms with Crippen molar-refractivity contribution in [3.05, 3.63) is 46.0 Å². The molecule has 0 spiro atoms. The highest BCUT2D eigenvalue weighted by Gasteiger charge is 2.31. The average Bonchev–Trinajstić information content (AvgIpc) is 3.52. The molecular formula is C31H39N7O4. The highest BCUT2D eigenvalue weighted by atomic mass is 16.4. The Morgan fingerprint density at radius 3 is 2.26 bits per heavy atom. The number of aryl methyl sites for hydroxylation is 1. The van der Waals surface area contributed by atoms with Crippen molar-refractivity contribution < 1.29 is 14.7 Å². The Hall–Kier alpha value is -3.86. The first kappa shape index (κ1) is 28.3. The molecule has 1 saturated carbocycles. The van der Waals surface area contributed by atoms with Crippen LogP contribution >= 0.6 is 0 Å². The van der Waals surface area contributed by atoms with Gasteiger partial charge < -0.3 is 20.2 Å². The average molecular weight is 574 g/mol. The summed E-state index contributed by atoms with van der Waals surface area (Å²) in [4.78, 5) is 55.8. The highest BCUT2D eigenvalue weighted by Crippen LogP contribution is 2.32. The van der Waals surface area contributed by atoms with Crippen molar-refractivity contribution in [1.82, 2.24) is 24.4 Å². The van der Waals surface area contributed by atoms with Gasteiger partial charge in [0, 0.05) is 36.8 Å². The zero-order valence-corrected chi connectivity index (χ0v) is 24.4. The van der Waals surface area contributed by atoms with Gasteiger partial charge in [0.1, 0.15) is 11.5 Å². The van der Waals surface area contributed by atoms with Gasteiger partial charge in [-0.1, -0.05) is 12.8 Å². The van der Waals surface area contributed by atoms with Crippen LogP contribution in [0, 0.1) is 12.8 Å². The van der Waals surface area contributed by atoms with Crippen LogP contribution in [0.25, 0.3) is 11.0 Å². The van der Waals surface area contributed by atoms with Gasteiger partial charge >= 0.3 is 5.97 Å². The van der Waals surface area contributed by atoms with Crippen LogP contribution < -0.4 is 15.8 Å². The number of nitrogens with zero attached hydrogens (tertiary/aromatic N) is 6. The molecule has 11 heteroatoms. The quantitative estimate of drug-likeness (QED) is 0.394. The van der Waals surface area contributed by atoms with Gasteiger partial charge in [0.05, 0.1) is 23.4 Å². The molecule has 0 amide bonds. The smallest absolute Gasteiger partial charge is 0.306 e. The number of pyridine rings is 2. The van der Waals surface area contributed by atoms with Gasteiger partial charge in [0.25, 0.3) is 5.56 Å². The third kappa shape index (κ3) is 5.49. The fourth-order valence-electron chi connectivity index (χ4n) is 7.07. The molecule has 1 aliphatic carbocycles.